The number of thiophene rings is 1. The molecular weight excluding hydrogens is 523 g/mol. The quantitative estimate of drug-likeness (QED) is 0.313. The van der Waals surface area contributed by atoms with Gasteiger partial charge in [-0.05, 0) is 61.1 Å². The Morgan fingerprint density at radius 1 is 0.923 bits per heavy atom. The first kappa shape index (κ1) is 25.6. The van der Waals surface area contributed by atoms with Gasteiger partial charge in [-0.15, -0.1) is 11.3 Å². The van der Waals surface area contributed by atoms with E-state index in [9.17, 15) is 18.0 Å². The molecule has 0 atom stereocenters. The van der Waals surface area contributed by atoms with Gasteiger partial charge in [0.05, 0.1) is 10.9 Å². The number of carbonyl (C=O) groups excluding carboxylic acids is 1. The highest BCUT2D eigenvalue weighted by atomic mass is 32.1. The van der Waals surface area contributed by atoms with Crippen LogP contribution in [0.5, 0.6) is 0 Å². The van der Waals surface area contributed by atoms with E-state index in [-0.39, 0.29) is 6.03 Å². The normalized spacial score (nSPS) is 15.9. The number of amides is 2. The Bertz CT molecular complexity index is 1480. The van der Waals surface area contributed by atoms with Crippen molar-refractivity contribution in [2.45, 2.75) is 38.3 Å². The Morgan fingerprint density at radius 3 is 2.36 bits per heavy atom. The molecule has 2 amide bonds. The van der Waals surface area contributed by atoms with E-state index in [1.165, 1.54) is 35.4 Å². The number of nitrogens with zero attached hydrogens (tertiary/aromatic N) is 4. The minimum absolute atomic E-state index is 0.320. The molecule has 6 nitrogen and oxygen atoms in total. The van der Waals surface area contributed by atoms with E-state index in [0.717, 1.165) is 52.4 Å². The minimum atomic E-state index is -4.41. The zero-order valence-corrected chi connectivity index (χ0v) is 22.1. The lowest BCUT2D eigenvalue weighted by molar-refractivity contribution is -0.137. The molecule has 0 unspecified atom stereocenters. The average Bonchev–Trinajstić information content (AvgIpc) is 3.31. The number of piperazine rings is 1. The van der Waals surface area contributed by atoms with Crippen molar-refractivity contribution in [3.05, 3.63) is 82.0 Å². The zero-order valence-electron chi connectivity index (χ0n) is 21.3. The van der Waals surface area contributed by atoms with Gasteiger partial charge in [-0.3, -0.25) is 0 Å². The minimum Gasteiger partial charge on any atom is -0.352 e. The van der Waals surface area contributed by atoms with Gasteiger partial charge in [-0.2, -0.15) is 13.2 Å². The van der Waals surface area contributed by atoms with E-state index >= 15 is 0 Å². The van der Waals surface area contributed by atoms with Crippen LogP contribution < -0.4 is 10.2 Å². The van der Waals surface area contributed by atoms with Crippen LogP contribution in [0.3, 0.4) is 0 Å². The molecule has 1 N–H and O–H groups in total. The van der Waals surface area contributed by atoms with Gasteiger partial charge in [0.1, 0.15) is 16.5 Å². The summed E-state index contributed by atoms with van der Waals surface area (Å²) in [4.78, 5) is 29.3. The molecule has 0 bridgehead atoms. The molecule has 4 aromatic rings. The van der Waals surface area contributed by atoms with Crippen molar-refractivity contribution in [3.8, 4) is 0 Å². The van der Waals surface area contributed by atoms with E-state index in [0.29, 0.717) is 38.3 Å². The molecular formula is C29H28F3N5OS. The number of carbonyl (C=O) groups is 1. The molecule has 1 saturated heterocycles. The van der Waals surface area contributed by atoms with Gasteiger partial charge in [-0.1, -0.05) is 30.3 Å². The van der Waals surface area contributed by atoms with E-state index in [1.54, 1.807) is 16.2 Å². The Kier molecular flexibility index (Phi) is 6.88. The molecule has 2 aromatic heterocycles. The molecule has 10 heteroatoms. The van der Waals surface area contributed by atoms with E-state index in [4.69, 9.17) is 9.97 Å². The average molecular weight is 552 g/mol. The summed E-state index contributed by atoms with van der Waals surface area (Å²) < 4.78 is 38.5. The fourth-order valence-electron chi connectivity index (χ4n) is 5.33. The van der Waals surface area contributed by atoms with Crippen LogP contribution in [0.15, 0.2) is 54.6 Å². The molecule has 1 aliphatic carbocycles. The number of anilines is 2. The second kappa shape index (κ2) is 10.5. The van der Waals surface area contributed by atoms with Crippen LogP contribution in [-0.2, 0) is 25.4 Å². The SMILES string of the molecule is O=C(Nc1ccc(C(F)(F)F)cc1)N1CCN(c2nc(Cc3ccccc3)nc3sc4c(c23)CCCC4)CC1. The predicted octanol–water partition coefficient (Wildman–Crippen LogP) is 6.53. The van der Waals surface area contributed by atoms with Crippen LogP contribution in [0.2, 0.25) is 0 Å². The maximum atomic E-state index is 12.9. The van der Waals surface area contributed by atoms with Gasteiger partial charge >= 0.3 is 12.2 Å². The number of rotatable bonds is 4. The third-order valence-electron chi connectivity index (χ3n) is 7.38. The smallest absolute Gasteiger partial charge is 0.352 e. The van der Waals surface area contributed by atoms with Crippen LogP contribution >= 0.6 is 11.3 Å². The molecule has 202 valence electrons. The summed E-state index contributed by atoms with van der Waals surface area (Å²) in [5.74, 6) is 1.75. The highest BCUT2D eigenvalue weighted by Crippen LogP contribution is 2.40. The summed E-state index contributed by atoms with van der Waals surface area (Å²) in [6, 6.07) is 14.4. The molecule has 2 aromatic carbocycles. The van der Waals surface area contributed by atoms with Crippen molar-refractivity contribution in [1.82, 2.24) is 14.9 Å². The molecule has 0 radical (unpaired) electrons. The summed E-state index contributed by atoms with van der Waals surface area (Å²) in [5, 5.41) is 3.89. The van der Waals surface area contributed by atoms with Crippen LogP contribution in [-0.4, -0.2) is 47.1 Å². The maximum Gasteiger partial charge on any atom is 0.416 e. The van der Waals surface area contributed by atoms with Gasteiger partial charge < -0.3 is 15.1 Å². The van der Waals surface area contributed by atoms with Crippen LogP contribution in [0.1, 0.15) is 40.2 Å². The highest BCUT2D eigenvalue weighted by molar-refractivity contribution is 7.19. The second-order valence-electron chi connectivity index (χ2n) is 10.00. The Morgan fingerprint density at radius 2 is 1.64 bits per heavy atom. The van der Waals surface area contributed by atoms with E-state index in [2.05, 4.69) is 22.3 Å². The topological polar surface area (TPSA) is 61.4 Å². The molecule has 3 heterocycles. The number of halogens is 3. The lowest BCUT2D eigenvalue weighted by Gasteiger charge is -2.36. The Balaban J connectivity index is 1.20. The van der Waals surface area contributed by atoms with Gasteiger partial charge in [0.15, 0.2) is 0 Å². The van der Waals surface area contributed by atoms with Crippen LogP contribution in [0, 0.1) is 0 Å². The second-order valence-corrected chi connectivity index (χ2v) is 11.1. The molecule has 0 saturated carbocycles. The highest BCUT2D eigenvalue weighted by Gasteiger charge is 2.30. The number of alkyl halides is 3. The summed E-state index contributed by atoms with van der Waals surface area (Å²) >= 11 is 1.79. The van der Waals surface area contributed by atoms with Crippen molar-refractivity contribution in [3.63, 3.8) is 0 Å². The Labute approximate surface area is 228 Å². The summed E-state index contributed by atoms with van der Waals surface area (Å²) in [6.45, 7) is 2.19. The summed E-state index contributed by atoms with van der Waals surface area (Å²) in [5.41, 5.74) is 2.13. The van der Waals surface area contributed by atoms with Crippen molar-refractivity contribution in [1.29, 1.82) is 0 Å². The number of urea groups is 1. The first-order valence-electron chi connectivity index (χ1n) is 13.2. The monoisotopic (exact) mass is 551 g/mol. The lowest BCUT2D eigenvalue weighted by atomic mass is 9.96. The number of aromatic nitrogens is 2. The fraction of sp³-hybridized carbons (Fsp3) is 0.345. The molecule has 2 aliphatic rings. The van der Waals surface area contributed by atoms with Gasteiger partial charge in [0.25, 0.3) is 0 Å². The fourth-order valence-corrected chi connectivity index (χ4v) is 6.61. The summed E-state index contributed by atoms with van der Waals surface area (Å²) in [6.07, 6.45) is 0.741. The number of hydrogen-bond donors (Lipinski definition) is 1. The van der Waals surface area contributed by atoms with Crippen molar-refractivity contribution in [2.24, 2.45) is 0 Å². The van der Waals surface area contributed by atoms with Gasteiger partial charge in [0, 0.05) is 43.2 Å². The molecule has 1 aliphatic heterocycles. The van der Waals surface area contributed by atoms with Crippen molar-refractivity contribution >= 4 is 39.1 Å². The molecule has 6 rings (SSSR count). The number of nitrogens with one attached hydrogen (secondary N) is 1. The third-order valence-corrected chi connectivity index (χ3v) is 8.56. The van der Waals surface area contributed by atoms with Crippen LogP contribution in [0.25, 0.3) is 10.2 Å². The predicted molar refractivity (Wildman–Crippen MR) is 148 cm³/mol. The Hall–Kier alpha value is -3.66. The number of aryl methyl sites for hydroxylation is 2. The standard InChI is InChI=1S/C29H28F3N5OS/c30-29(31,32)20-10-12-21(13-11-20)33-28(38)37-16-14-36(15-17-37)26-25-22-8-4-5-9-23(22)39-27(25)35-24(34-26)18-19-6-2-1-3-7-19/h1-3,6-7,10-13H,4-5,8-9,14-18H2,(H,33,38). The van der Waals surface area contributed by atoms with Crippen molar-refractivity contribution < 1.29 is 18.0 Å². The largest absolute Gasteiger partial charge is 0.416 e. The molecule has 0 spiro atoms. The van der Waals surface area contributed by atoms with Gasteiger partial charge in [0.2, 0.25) is 0 Å². The molecule has 1 fully saturated rings. The summed E-state index contributed by atoms with van der Waals surface area (Å²) in [7, 11) is 0. The van der Waals surface area contributed by atoms with Crippen LogP contribution in [0.4, 0.5) is 29.5 Å². The number of fused-ring (bicyclic) bond motifs is 3. The maximum absolute atomic E-state index is 12.9. The molecule has 39 heavy (non-hydrogen) atoms. The van der Waals surface area contributed by atoms with Gasteiger partial charge in [-0.25, -0.2) is 14.8 Å². The van der Waals surface area contributed by atoms with Crippen molar-refractivity contribution in [2.75, 3.05) is 36.4 Å². The van der Waals surface area contributed by atoms with E-state index in [1.807, 2.05) is 18.2 Å². The first-order valence-corrected chi connectivity index (χ1v) is 14.0. The number of hydrogen-bond acceptors (Lipinski definition) is 5. The third kappa shape index (κ3) is 5.43. The zero-order chi connectivity index (χ0) is 27.0. The number of benzene rings is 2. The van der Waals surface area contributed by atoms with E-state index < -0.39 is 11.7 Å². The lowest BCUT2D eigenvalue weighted by Crippen LogP contribution is -2.50. The first-order chi connectivity index (χ1) is 18.8.